The van der Waals surface area contributed by atoms with Gasteiger partial charge in [0, 0.05) is 26.4 Å². The third kappa shape index (κ3) is 4.85. The number of aryl methyl sites for hydroxylation is 1. The van der Waals surface area contributed by atoms with Gasteiger partial charge in [0.25, 0.3) is 0 Å². The summed E-state index contributed by atoms with van der Waals surface area (Å²) in [5.41, 5.74) is 0. The SMILES string of the molecule is COC(=O)[C@@H](C)CCc1cc2c(F)c(OCCCBr)c(OC)cc2s1. The van der Waals surface area contributed by atoms with Crippen LogP contribution < -0.4 is 9.47 Å². The van der Waals surface area contributed by atoms with Gasteiger partial charge in [0.05, 0.1) is 26.7 Å². The molecule has 2 aromatic rings. The van der Waals surface area contributed by atoms with Gasteiger partial charge in [0.1, 0.15) is 0 Å². The largest absolute Gasteiger partial charge is 0.493 e. The van der Waals surface area contributed by atoms with E-state index in [1.165, 1.54) is 25.6 Å². The van der Waals surface area contributed by atoms with E-state index in [4.69, 9.17) is 14.2 Å². The van der Waals surface area contributed by atoms with E-state index < -0.39 is 5.82 Å². The molecule has 0 N–H and O–H groups in total. The summed E-state index contributed by atoms with van der Waals surface area (Å²) >= 11 is 4.83. The Kier molecular flexibility index (Phi) is 7.50. The summed E-state index contributed by atoms with van der Waals surface area (Å²) in [6.45, 7) is 2.25. The number of hydrogen-bond acceptors (Lipinski definition) is 5. The number of carbonyl (C=O) groups excluding carboxylic acids is 1. The van der Waals surface area contributed by atoms with Gasteiger partial charge in [-0.3, -0.25) is 4.79 Å². The number of benzene rings is 1. The second-order valence-corrected chi connectivity index (χ2v) is 7.66. The Labute approximate surface area is 159 Å². The number of thiophene rings is 1. The zero-order chi connectivity index (χ0) is 18.4. The quantitative estimate of drug-likeness (QED) is 0.319. The minimum atomic E-state index is -0.396. The number of esters is 1. The van der Waals surface area contributed by atoms with E-state index in [1.54, 1.807) is 6.07 Å². The van der Waals surface area contributed by atoms with Gasteiger partial charge in [-0.05, 0) is 25.3 Å². The number of rotatable bonds is 9. The molecule has 1 atom stereocenters. The molecule has 0 bridgehead atoms. The average Bonchev–Trinajstić information content (AvgIpc) is 3.04. The molecule has 0 unspecified atom stereocenters. The fraction of sp³-hybridized carbons (Fsp3) is 0.500. The van der Waals surface area contributed by atoms with Gasteiger partial charge in [-0.1, -0.05) is 22.9 Å². The normalized spacial score (nSPS) is 12.2. The molecule has 2 rings (SSSR count). The zero-order valence-electron chi connectivity index (χ0n) is 14.6. The van der Waals surface area contributed by atoms with Crippen LogP contribution in [0.4, 0.5) is 4.39 Å². The molecule has 0 aliphatic rings. The van der Waals surface area contributed by atoms with Crippen molar-refractivity contribution < 1.29 is 23.4 Å². The van der Waals surface area contributed by atoms with Gasteiger partial charge in [-0.15, -0.1) is 11.3 Å². The lowest BCUT2D eigenvalue weighted by molar-refractivity contribution is -0.145. The third-order valence-corrected chi connectivity index (χ3v) is 5.61. The zero-order valence-corrected chi connectivity index (χ0v) is 17.0. The summed E-state index contributed by atoms with van der Waals surface area (Å²) in [6.07, 6.45) is 2.13. The molecule has 0 amide bonds. The summed E-state index contributed by atoms with van der Waals surface area (Å²) in [7, 11) is 2.89. The van der Waals surface area contributed by atoms with Crippen LogP contribution in [0.5, 0.6) is 11.5 Å². The second kappa shape index (κ2) is 9.38. The molecule has 0 fully saturated rings. The Morgan fingerprint density at radius 1 is 1.36 bits per heavy atom. The lowest BCUT2D eigenvalue weighted by atomic mass is 10.1. The van der Waals surface area contributed by atoms with Gasteiger partial charge in [0.2, 0.25) is 0 Å². The third-order valence-electron chi connectivity index (χ3n) is 3.91. The first-order chi connectivity index (χ1) is 12.0. The van der Waals surface area contributed by atoms with Crippen LogP contribution in [0.25, 0.3) is 10.1 Å². The number of carbonyl (C=O) groups is 1. The number of methoxy groups -OCH3 is 2. The fourth-order valence-electron chi connectivity index (χ4n) is 2.47. The van der Waals surface area contributed by atoms with E-state index in [0.717, 1.165) is 21.3 Å². The van der Waals surface area contributed by atoms with Gasteiger partial charge < -0.3 is 14.2 Å². The van der Waals surface area contributed by atoms with E-state index in [0.29, 0.717) is 30.6 Å². The smallest absolute Gasteiger partial charge is 0.308 e. The van der Waals surface area contributed by atoms with Crippen LogP contribution in [0.1, 0.15) is 24.6 Å². The van der Waals surface area contributed by atoms with Crippen LogP contribution in [0.15, 0.2) is 12.1 Å². The number of hydrogen-bond donors (Lipinski definition) is 0. The van der Waals surface area contributed by atoms with E-state index in [1.807, 2.05) is 13.0 Å². The molecule has 138 valence electrons. The number of fused-ring (bicyclic) bond motifs is 1. The molecule has 1 aromatic carbocycles. The highest BCUT2D eigenvalue weighted by molar-refractivity contribution is 9.09. The van der Waals surface area contributed by atoms with Gasteiger partial charge >= 0.3 is 5.97 Å². The minimum Gasteiger partial charge on any atom is -0.493 e. The summed E-state index contributed by atoms with van der Waals surface area (Å²) in [5.74, 6) is -0.249. The maximum Gasteiger partial charge on any atom is 0.308 e. The lowest BCUT2D eigenvalue weighted by Crippen LogP contribution is -2.13. The molecule has 0 saturated heterocycles. The molecule has 0 radical (unpaired) electrons. The van der Waals surface area contributed by atoms with Crippen molar-refractivity contribution in [1.82, 2.24) is 0 Å². The molecule has 1 aromatic heterocycles. The molecule has 4 nitrogen and oxygen atoms in total. The highest BCUT2D eigenvalue weighted by atomic mass is 79.9. The average molecular weight is 433 g/mol. The van der Waals surface area contributed by atoms with E-state index in [-0.39, 0.29) is 17.6 Å². The van der Waals surface area contributed by atoms with Crippen LogP contribution >= 0.6 is 27.3 Å². The van der Waals surface area contributed by atoms with Crippen LogP contribution in [0.3, 0.4) is 0 Å². The first-order valence-electron chi connectivity index (χ1n) is 8.07. The van der Waals surface area contributed by atoms with E-state index in [9.17, 15) is 9.18 Å². The molecule has 25 heavy (non-hydrogen) atoms. The van der Waals surface area contributed by atoms with Crippen molar-refractivity contribution >= 4 is 43.3 Å². The molecule has 0 spiro atoms. The highest BCUT2D eigenvalue weighted by Gasteiger charge is 2.19. The van der Waals surface area contributed by atoms with E-state index in [2.05, 4.69) is 15.9 Å². The Bertz CT molecular complexity index is 731. The maximum absolute atomic E-state index is 14.9. The predicted molar refractivity (Wildman–Crippen MR) is 102 cm³/mol. The topological polar surface area (TPSA) is 44.8 Å². The Hall–Kier alpha value is -1.34. The molecule has 7 heteroatoms. The van der Waals surface area contributed by atoms with Crippen molar-refractivity contribution in [3.8, 4) is 11.5 Å². The highest BCUT2D eigenvalue weighted by Crippen LogP contribution is 2.40. The van der Waals surface area contributed by atoms with Crippen LogP contribution in [-0.2, 0) is 16.0 Å². The molecular formula is C18H22BrFO4S. The fourth-order valence-corrected chi connectivity index (χ4v) is 3.80. The summed E-state index contributed by atoms with van der Waals surface area (Å²) in [6, 6.07) is 3.63. The monoisotopic (exact) mass is 432 g/mol. The van der Waals surface area contributed by atoms with Gasteiger partial charge in [0.15, 0.2) is 17.3 Å². The number of alkyl halides is 1. The summed E-state index contributed by atoms with van der Waals surface area (Å²) in [5, 5.41) is 1.32. The van der Waals surface area contributed by atoms with Crippen molar-refractivity contribution in [1.29, 1.82) is 0 Å². The van der Waals surface area contributed by atoms with Crippen LogP contribution in [-0.4, -0.2) is 32.1 Å². The van der Waals surface area contributed by atoms with E-state index >= 15 is 0 Å². The summed E-state index contributed by atoms with van der Waals surface area (Å²) < 4.78 is 31.3. The standard InChI is InChI=1S/C18H22BrFO4S/c1-11(18(21)23-3)5-6-12-9-13-15(25-12)10-14(22-2)17(16(13)20)24-8-4-7-19/h9-11H,4-8H2,1-3H3/t11-/m0/s1. The van der Waals surface area contributed by atoms with Crippen LogP contribution in [0.2, 0.25) is 0 Å². The number of halogens is 2. The number of ether oxygens (including phenoxy) is 3. The predicted octanol–water partition coefficient (Wildman–Crippen LogP) is 4.95. The molecule has 0 saturated carbocycles. The molecule has 0 aliphatic carbocycles. The Balaban J connectivity index is 2.23. The first-order valence-corrected chi connectivity index (χ1v) is 10.0. The summed E-state index contributed by atoms with van der Waals surface area (Å²) in [4.78, 5) is 12.5. The lowest BCUT2D eigenvalue weighted by Gasteiger charge is -2.11. The minimum absolute atomic E-state index is 0.156. The van der Waals surface area contributed by atoms with Crippen molar-refractivity contribution in [2.45, 2.75) is 26.2 Å². The molecule has 0 aliphatic heterocycles. The second-order valence-electron chi connectivity index (χ2n) is 5.70. The Morgan fingerprint density at radius 3 is 2.76 bits per heavy atom. The molecule has 1 heterocycles. The van der Waals surface area contributed by atoms with Crippen molar-refractivity contribution in [3.63, 3.8) is 0 Å². The molecular weight excluding hydrogens is 411 g/mol. The van der Waals surface area contributed by atoms with Crippen LogP contribution in [0, 0.1) is 11.7 Å². The van der Waals surface area contributed by atoms with Gasteiger partial charge in [-0.25, -0.2) is 4.39 Å². The Morgan fingerprint density at radius 2 is 2.12 bits per heavy atom. The van der Waals surface area contributed by atoms with Crippen molar-refractivity contribution in [3.05, 3.63) is 22.8 Å². The van der Waals surface area contributed by atoms with Gasteiger partial charge in [-0.2, -0.15) is 0 Å². The maximum atomic E-state index is 14.9. The van der Waals surface area contributed by atoms with Crippen molar-refractivity contribution in [2.24, 2.45) is 5.92 Å². The van der Waals surface area contributed by atoms with Crippen molar-refractivity contribution in [2.75, 3.05) is 26.2 Å². The first kappa shape index (κ1) is 20.0.